The summed E-state index contributed by atoms with van der Waals surface area (Å²) in [4.78, 5) is 18.6. The summed E-state index contributed by atoms with van der Waals surface area (Å²) in [5.41, 5.74) is 1.31. The lowest BCUT2D eigenvalue weighted by Crippen LogP contribution is -2.40. The molecule has 3 rings (SSSR count). The van der Waals surface area contributed by atoms with E-state index in [1.54, 1.807) is 13.8 Å². The maximum Gasteiger partial charge on any atom is 0.229 e. The predicted octanol–water partition coefficient (Wildman–Crippen LogP) is 2.28. The van der Waals surface area contributed by atoms with Crippen LogP contribution >= 0.6 is 11.6 Å². The average Bonchev–Trinajstić information content (AvgIpc) is 3.08. The van der Waals surface area contributed by atoms with Crippen molar-refractivity contribution in [2.24, 2.45) is 0 Å². The van der Waals surface area contributed by atoms with E-state index in [9.17, 15) is 4.79 Å². The molecule has 1 unspecified atom stereocenters. The predicted molar refractivity (Wildman–Crippen MR) is 77.5 cm³/mol. The molecule has 1 aliphatic heterocycles. The number of aromatic nitrogens is 3. The largest absolute Gasteiger partial charge is 0.344 e. The van der Waals surface area contributed by atoms with E-state index >= 15 is 0 Å². The first-order valence-electron chi connectivity index (χ1n) is 7.23. The molecule has 3 heterocycles. The SMILES string of the molecule is Cc1nc(C2CCCN(C(=O)Cc3c(C)noc3Cl)C2)no1. The van der Waals surface area contributed by atoms with Gasteiger partial charge in [0.05, 0.1) is 12.1 Å². The number of aryl methyl sites for hydroxylation is 2. The van der Waals surface area contributed by atoms with E-state index in [1.807, 2.05) is 4.90 Å². The summed E-state index contributed by atoms with van der Waals surface area (Å²) in [6.45, 7) is 4.87. The number of carbonyl (C=O) groups excluding carboxylic acids is 1. The van der Waals surface area contributed by atoms with E-state index in [0.717, 1.165) is 19.4 Å². The fourth-order valence-corrected chi connectivity index (χ4v) is 2.95. The summed E-state index contributed by atoms with van der Waals surface area (Å²) in [6.07, 6.45) is 2.07. The molecule has 0 aliphatic carbocycles. The van der Waals surface area contributed by atoms with Crippen LogP contribution in [0.25, 0.3) is 0 Å². The highest BCUT2D eigenvalue weighted by Crippen LogP contribution is 2.26. The Morgan fingerprint density at radius 3 is 2.82 bits per heavy atom. The van der Waals surface area contributed by atoms with Crippen LogP contribution in [0.15, 0.2) is 9.05 Å². The van der Waals surface area contributed by atoms with Gasteiger partial charge < -0.3 is 13.9 Å². The van der Waals surface area contributed by atoms with Gasteiger partial charge in [0.2, 0.25) is 17.0 Å². The molecule has 8 heteroatoms. The molecule has 1 aliphatic rings. The Morgan fingerprint density at radius 1 is 1.36 bits per heavy atom. The van der Waals surface area contributed by atoms with Crippen LogP contribution in [-0.4, -0.2) is 39.2 Å². The molecule has 7 nitrogen and oxygen atoms in total. The number of halogens is 1. The molecule has 118 valence electrons. The minimum atomic E-state index is 0.0121. The third-order valence-corrected chi connectivity index (χ3v) is 4.24. The standard InChI is InChI=1S/C14H17ClN4O3/c1-8-11(13(15)22-17-8)6-12(20)19-5-3-4-10(7-19)14-16-9(2)21-18-14/h10H,3-7H2,1-2H3. The third-order valence-electron chi connectivity index (χ3n) is 3.95. The van der Waals surface area contributed by atoms with E-state index in [-0.39, 0.29) is 23.5 Å². The van der Waals surface area contributed by atoms with Gasteiger partial charge in [0.1, 0.15) is 0 Å². The topological polar surface area (TPSA) is 85.3 Å². The van der Waals surface area contributed by atoms with Crippen molar-refractivity contribution in [3.8, 4) is 0 Å². The number of nitrogens with zero attached hydrogens (tertiary/aromatic N) is 4. The quantitative estimate of drug-likeness (QED) is 0.861. The zero-order chi connectivity index (χ0) is 15.7. The number of hydrogen-bond acceptors (Lipinski definition) is 6. The molecular weight excluding hydrogens is 308 g/mol. The lowest BCUT2D eigenvalue weighted by atomic mass is 9.97. The lowest BCUT2D eigenvalue weighted by Gasteiger charge is -2.31. The normalized spacial score (nSPS) is 18.7. The fraction of sp³-hybridized carbons (Fsp3) is 0.571. The molecule has 0 spiro atoms. The van der Waals surface area contributed by atoms with Crippen molar-refractivity contribution < 1.29 is 13.8 Å². The van der Waals surface area contributed by atoms with Crippen LogP contribution in [0.1, 0.15) is 41.7 Å². The molecule has 0 N–H and O–H groups in total. The average molecular weight is 325 g/mol. The molecule has 1 saturated heterocycles. The summed E-state index contributed by atoms with van der Waals surface area (Å²) in [6, 6.07) is 0. The zero-order valence-electron chi connectivity index (χ0n) is 12.5. The van der Waals surface area contributed by atoms with Crippen molar-refractivity contribution in [2.75, 3.05) is 13.1 Å². The van der Waals surface area contributed by atoms with Crippen molar-refractivity contribution >= 4 is 17.5 Å². The van der Waals surface area contributed by atoms with Gasteiger partial charge in [-0.1, -0.05) is 10.3 Å². The summed E-state index contributed by atoms with van der Waals surface area (Å²) in [5.74, 6) is 1.35. The summed E-state index contributed by atoms with van der Waals surface area (Å²) in [5, 5.41) is 7.92. The van der Waals surface area contributed by atoms with Crippen molar-refractivity contribution in [1.82, 2.24) is 20.2 Å². The van der Waals surface area contributed by atoms with Crippen molar-refractivity contribution in [1.29, 1.82) is 0 Å². The third kappa shape index (κ3) is 2.99. The Kier molecular flexibility index (Phi) is 4.15. The van der Waals surface area contributed by atoms with Crippen LogP contribution < -0.4 is 0 Å². The second-order valence-electron chi connectivity index (χ2n) is 5.55. The Morgan fingerprint density at radius 2 is 2.18 bits per heavy atom. The Balaban J connectivity index is 1.68. The van der Waals surface area contributed by atoms with Crippen molar-refractivity contribution in [2.45, 2.75) is 39.0 Å². The number of carbonyl (C=O) groups is 1. The summed E-state index contributed by atoms with van der Waals surface area (Å²) in [7, 11) is 0. The lowest BCUT2D eigenvalue weighted by molar-refractivity contribution is -0.131. The van der Waals surface area contributed by atoms with E-state index < -0.39 is 0 Å². The van der Waals surface area contributed by atoms with E-state index in [2.05, 4.69) is 15.3 Å². The van der Waals surface area contributed by atoms with Crippen molar-refractivity contribution in [3.63, 3.8) is 0 Å². The smallest absolute Gasteiger partial charge is 0.229 e. The maximum atomic E-state index is 12.5. The van der Waals surface area contributed by atoms with Crippen LogP contribution in [0, 0.1) is 13.8 Å². The summed E-state index contributed by atoms with van der Waals surface area (Å²) >= 11 is 5.92. The highest BCUT2D eigenvalue weighted by molar-refractivity contribution is 6.29. The minimum absolute atomic E-state index is 0.0121. The first kappa shape index (κ1) is 15.0. The number of likely N-dealkylation sites (tertiary alicyclic amines) is 1. The molecule has 0 saturated carbocycles. The Labute approximate surface area is 132 Å². The summed E-state index contributed by atoms with van der Waals surface area (Å²) < 4.78 is 9.92. The van der Waals surface area contributed by atoms with Gasteiger partial charge in [-0.05, 0) is 31.4 Å². The van der Waals surface area contributed by atoms with Gasteiger partial charge in [0.25, 0.3) is 0 Å². The molecule has 0 radical (unpaired) electrons. The highest BCUT2D eigenvalue weighted by Gasteiger charge is 2.28. The van der Waals surface area contributed by atoms with Gasteiger partial charge in [-0.25, -0.2) is 0 Å². The van der Waals surface area contributed by atoms with Gasteiger partial charge in [-0.3, -0.25) is 4.79 Å². The number of rotatable bonds is 3. The highest BCUT2D eigenvalue weighted by atomic mass is 35.5. The van der Waals surface area contributed by atoms with Crippen LogP contribution in [-0.2, 0) is 11.2 Å². The van der Waals surface area contributed by atoms with Crippen LogP contribution in [0.2, 0.25) is 5.22 Å². The number of hydrogen-bond donors (Lipinski definition) is 0. The molecule has 2 aromatic rings. The van der Waals surface area contributed by atoms with E-state index in [4.69, 9.17) is 20.6 Å². The van der Waals surface area contributed by atoms with Crippen molar-refractivity contribution in [3.05, 3.63) is 28.2 Å². The van der Waals surface area contributed by atoms with E-state index in [0.29, 0.717) is 29.5 Å². The Bertz CT molecular complexity index is 662. The van der Waals surface area contributed by atoms with E-state index in [1.165, 1.54) is 0 Å². The van der Waals surface area contributed by atoms with Crippen LogP contribution in [0.5, 0.6) is 0 Å². The van der Waals surface area contributed by atoms with Gasteiger partial charge in [0, 0.05) is 31.5 Å². The van der Waals surface area contributed by atoms with Gasteiger partial charge >= 0.3 is 0 Å². The molecule has 22 heavy (non-hydrogen) atoms. The minimum Gasteiger partial charge on any atom is -0.344 e. The molecule has 1 fully saturated rings. The first-order chi connectivity index (χ1) is 10.5. The maximum absolute atomic E-state index is 12.5. The fourth-order valence-electron chi connectivity index (χ4n) is 2.72. The molecule has 0 aromatic carbocycles. The van der Waals surface area contributed by atoms with Crippen LogP contribution in [0.3, 0.4) is 0 Å². The monoisotopic (exact) mass is 324 g/mol. The second kappa shape index (κ2) is 6.08. The molecule has 0 bridgehead atoms. The first-order valence-corrected chi connectivity index (χ1v) is 7.61. The number of piperidine rings is 1. The van der Waals surface area contributed by atoms with Gasteiger partial charge in [-0.2, -0.15) is 4.98 Å². The molecule has 1 atom stereocenters. The number of amides is 1. The van der Waals surface area contributed by atoms with Gasteiger partial charge in [-0.15, -0.1) is 0 Å². The van der Waals surface area contributed by atoms with Crippen LogP contribution in [0.4, 0.5) is 0 Å². The second-order valence-corrected chi connectivity index (χ2v) is 5.89. The Hall–Kier alpha value is -1.89. The van der Waals surface area contributed by atoms with Gasteiger partial charge in [0.15, 0.2) is 5.82 Å². The zero-order valence-corrected chi connectivity index (χ0v) is 13.3. The molecular formula is C14H17ClN4O3. The molecule has 2 aromatic heterocycles. The molecule has 1 amide bonds.